The van der Waals surface area contributed by atoms with Gasteiger partial charge >= 0.3 is 0 Å². The first kappa shape index (κ1) is 15.6. The summed E-state index contributed by atoms with van der Waals surface area (Å²) in [6, 6.07) is 9.02. The van der Waals surface area contributed by atoms with Crippen LogP contribution in [0.15, 0.2) is 66.8 Å². The Balaban J connectivity index is 2.01. The van der Waals surface area contributed by atoms with Crippen LogP contribution in [0.2, 0.25) is 0 Å². The van der Waals surface area contributed by atoms with Gasteiger partial charge in [-0.15, -0.1) is 0 Å². The molecule has 1 unspecified atom stereocenters. The average molecular weight is 278 g/mol. The molecule has 1 aromatic carbocycles. The summed E-state index contributed by atoms with van der Waals surface area (Å²) in [7, 11) is 0. The van der Waals surface area contributed by atoms with Crippen LogP contribution in [0.4, 0.5) is 0 Å². The van der Waals surface area contributed by atoms with Gasteiger partial charge in [0.05, 0.1) is 0 Å². The van der Waals surface area contributed by atoms with Crippen molar-refractivity contribution in [2.24, 2.45) is 5.92 Å². The van der Waals surface area contributed by atoms with E-state index >= 15 is 0 Å². The Hall–Kier alpha value is -1.82. The summed E-state index contributed by atoms with van der Waals surface area (Å²) >= 11 is 0. The minimum atomic E-state index is 0.583. The van der Waals surface area contributed by atoms with Crippen molar-refractivity contribution in [3.05, 3.63) is 77.9 Å². The predicted octanol–water partition coefficient (Wildman–Crippen LogP) is 6.12. The quantitative estimate of drug-likeness (QED) is 0.569. The van der Waals surface area contributed by atoms with Crippen LogP contribution in [0.1, 0.15) is 44.2 Å². The lowest BCUT2D eigenvalue weighted by Crippen LogP contribution is -2.06. The van der Waals surface area contributed by atoms with Crippen molar-refractivity contribution in [2.45, 2.75) is 39.5 Å². The van der Waals surface area contributed by atoms with Gasteiger partial charge in [0.2, 0.25) is 0 Å². The van der Waals surface area contributed by atoms with E-state index in [1.165, 1.54) is 28.7 Å². The van der Waals surface area contributed by atoms with E-state index in [-0.39, 0.29) is 0 Å². The van der Waals surface area contributed by atoms with Crippen molar-refractivity contribution in [2.75, 3.05) is 0 Å². The molecule has 1 aliphatic rings. The van der Waals surface area contributed by atoms with Crippen LogP contribution in [-0.4, -0.2) is 0 Å². The maximum absolute atomic E-state index is 4.21. The zero-order chi connectivity index (χ0) is 15.2. The molecule has 0 heteroatoms. The van der Waals surface area contributed by atoms with E-state index in [4.69, 9.17) is 0 Å². The van der Waals surface area contributed by atoms with Gasteiger partial charge in [-0.2, -0.15) is 0 Å². The van der Waals surface area contributed by atoms with Gasteiger partial charge in [0.15, 0.2) is 0 Å². The molecular weight excluding hydrogens is 252 g/mol. The lowest BCUT2D eigenvalue weighted by atomic mass is 9.82. The second-order valence-electron chi connectivity index (χ2n) is 6.01. The Morgan fingerprint density at radius 1 is 1.19 bits per heavy atom. The molecule has 0 radical (unpaired) electrons. The minimum absolute atomic E-state index is 0.583. The summed E-state index contributed by atoms with van der Waals surface area (Å²) in [4.78, 5) is 0. The highest BCUT2D eigenvalue weighted by atomic mass is 14.2. The van der Waals surface area contributed by atoms with Crippen LogP contribution in [0.25, 0.3) is 5.57 Å². The Morgan fingerprint density at radius 2 is 1.90 bits per heavy atom. The van der Waals surface area contributed by atoms with Gasteiger partial charge in [0.1, 0.15) is 0 Å². The molecule has 0 amide bonds. The maximum Gasteiger partial charge on any atom is -0.0130 e. The number of aryl methyl sites for hydroxylation is 1. The smallest absolute Gasteiger partial charge is 0.0130 e. The van der Waals surface area contributed by atoms with Crippen LogP contribution in [0, 0.1) is 5.92 Å². The molecule has 0 nitrogen and oxygen atoms in total. The van der Waals surface area contributed by atoms with Crippen LogP contribution >= 0.6 is 0 Å². The average Bonchev–Trinajstić information content (AvgIpc) is 2.53. The molecule has 0 aliphatic heterocycles. The normalized spacial score (nSPS) is 18.6. The Bertz CT molecular complexity index is 567. The maximum atomic E-state index is 4.21. The summed E-state index contributed by atoms with van der Waals surface area (Å²) in [5, 5.41) is 0. The first-order valence-corrected chi connectivity index (χ1v) is 7.91. The lowest BCUT2D eigenvalue weighted by Gasteiger charge is -2.23. The van der Waals surface area contributed by atoms with E-state index in [2.05, 4.69) is 62.6 Å². The van der Waals surface area contributed by atoms with Gasteiger partial charge < -0.3 is 0 Å². The molecule has 110 valence electrons. The van der Waals surface area contributed by atoms with Crippen molar-refractivity contribution in [1.29, 1.82) is 0 Å². The third kappa shape index (κ3) is 4.32. The number of hydrogen-bond donors (Lipinski definition) is 0. The van der Waals surface area contributed by atoms with Crippen molar-refractivity contribution < 1.29 is 0 Å². The standard InChI is InChI=1S/C21H26/c1-5-18-8-10-20(11-9-18)21-14-12-19(13-15-21)17(4)7-6-16(2)3/h6-11,14,19H,2,4-5,12-13,15H2,1,3H3/b7-6-. The van der Waals surface area contributed by atoms with Crippen molar-refractivity contribution in [3.8, 4) is 0 Å². The molecule has 0 heterocycles. The molecule has 1 atom stereocenters. The van der Waals surface area contributed by atoms with Crippen molar-refractivity contribution >= 4 is 5.57 Å². The second-order valence-corrected chi connectivity index (χ2v) is 6.01. The monoisotopic (exact) mass is 278 g/mol. The third-order valence-electron chi connectivity index (χ3n) is 4.25. The molecule has 21 heavy (non-hydrogen) atoms. The lowest BCUT2D eigenvalue weighted by molar-refractivity contribution is 0.572. The van der Waals surface area contributed by atoms with E-state index in [1.54, 1.807) is 0 Å². The van der Waals surface area contributed by atoms with Gasteiger partial charge in [-0.25, -0.2) is 0 Å². The Kier molecular flexibility index (Phi) is 5.38. The van der Waals surface area contributed by atoms with E-state index < -0.39 is 0 Å². The molecule has 0 aromatic heterocycles. The molecule has 0 fully saturated rings. The topological polar surface area (TPSA) is 0 Å². The van der Waals surface area contributed by atoms with Gasteiger partial charge in [0, 0.05) is 0 Å². The van der Waals surface area contributed by atoms with Crippen LogP contribution in [0.3, 0.4) is 0 Å². The molecule has 2 rings (SSSR count). The van der Waals surface area contributed by atoms with E-state index in [0.717, 1.165) is 24.8 Å². The van der Waals surface area contributed by atoms with E-state index in [0.29, 0.717) is 5.92 Å². The summed E-state index contributed by atoms with van der Waals surface area (Å²) < 4.78 is 0. The van der Waals surface area contributed by atoms with Gasteiger partial charge in [-0.3, -0.25) is 0 Å². The highest BCUT2D eigenvalue weighted by Crippen LogP contribution is 2.33. The van der Waals surface area contributed by atoms with Crippen molar-refractivity contribution in [3.63, 3.8) is 0 Å². The van der Waals surface area contributed by atoms with Crippen LogP contribution in [-0.2, 0) is 6.42 Å². The number of hydrogen-bond acceptors (Lipinski definition) is 0. The third-order valence-corrected chi connectivity index (χ3v) is 4.25. The minimum Gasteiger partial charge on any atom is -0.0961 e. The van der Waals surface area contributed by atoms with Gasteiger partial charge in [-0.1, -0.05) is 73.7 Å². The Morgan fingerprint density at radius 3 is 2.43 bits per heavy atom. The molecule has 0 saturated heterocycles. The molecule has 1 aromatic rings. The largest absolute Gasteiger partial charge is 0.0961 e. The van der Waals surface area contributed by atoms with E-state index in [9.17, 15) is 0 Å². The first-order valence-electron chi connectivity index (χ1n) is 7.91. The summed E-state index contributed by atoms with van der Waals surface area (Å²) in [5.41, 5.74) is 6.60. The molecule has 1 aliphatic carbocycles. The van der Waals surface area contributed by atoms with Gasteiger partial charge in [0.25, 0.3) is 0 Å². The first-order chi connectivity index (χ1) is 10.1. The van der Waals surface area contributed by atoms with Crippen LogP contribution < -0.4 is 0 Å². The second kappa shape index (κ2) is 7.26. The predicted molar refractivity (Wildman–Crippen MR) is 94.2 cm³/mol. The fourth-order valence-corrected chi connectivity index (χ4v) is 2.77. The van der Waals surface area contributed by atoms with E-state index in [1.807, 2.05) is 6.92 Å². The highest BCUT2D eigenvalue weighted by Gasteiger charge is 2.16. The summed E-state index contributed by atoms with van der Waals surface area (Å²) in [6.45, 7) is 12.3. The molecule has 0 N–H and O–H groups in total. The SMILES string of the molecule is C=C(C)/C=C\C(=C)C1CC=C(c2ccc(CC)cc2)CC1. The zero-order valence-corrected chi connectivity index (χ0v) is 13.4. The van der Waals surface area contributed by atoms with Crippen LogP contribution in [0.5, 0.6) is 0 Å². The number of allylic oxidation sites excluding steroid dienone is 6. The number of benzene rings is 1. The fourth-order valence-electron chi connectivity index (χ4n) is 2.77. The zero-order valence-electron chi connectivity index (χ0n) is 13.4. The molecular formula is C21H26. The van der Waals surface area contributed by atoms with Gasteiger partial charge in [-0.05, 0) is 55.2 Å². The number of rotatable bonds is 5. The highest BCUT2D eigenvalue weighted by molar-refractivity contribution is 5.66. The molecule has 0 saturated carbocycles. The summed E-state index contributed by atoms with van der Waals surface area (Å²) in [5.74, 6) is 0.583. The van der Waals surface area contributed by atoms with Crippen molar-refractivity contribution in [1.82, 2.24) is 0 Å². The summed E-state index contributed by atoms with van der Waals surface area (Å²) in [6.07, 6.45) is 11.1. The fraction of sp³-hybridized carbons (Fsp3) is 0.333. The Labute approximate surface area is 129 Å². The molecule has 0 bridgehead atoms. The molecule has 0 spiro atoms.